The summed E-state index contributed by atoms with van der Waals surface area (Å²) in [5.41, 5.74) is 5.56. The number of aromatic nitrogens is 2. The van der Waals surface area contributed by atoms with Crippen LogP contribution in [0.3, 0.4) is 0 Å². The lowest BCUT2D eigenvalue weighted by molar-refractivity contribution is -0.120. The first-order valence-electron chi connectivity index (χ1n) is 11.2. The van der Waals surface area contributed by atoms with Gasteiger partial charge in [0.25, 0.3) is 6.47 Å². The van der Waals surface area contributed by atoms with Gasteiger partial charge in [-0.3, -0.25) is 9.69 Å². The molecule has 0 spiro atoms. The van der Waals surface area contributed by atoms with Gasteiger partial charge >= 0.3 is 5.97 Å². The van der Waals surface area contributed by atoms with Gasteiger partial charge < -0.3 is 19.5 Å². The van der Waals surface area contributed by atoms with Crippen molar-refractivity contribution < 1.29 is 24.2 Å². The predicted molar refractivity (Wildman–Crippen MR) is 130 cm³/mol. The highest BCUT2D eigenvalue weighted by Crippen LogP contribution is 2.31. The topological polar surface area (TPSA) is 105 Å². The molecule has 1 aliphatic rings. The number of ether oxygens (including phenoxy) is 2. The Kier molecular flexibility index (Phi) is 7.09. The maximum atomic E-state index is 11.8. The number of aliphatic hydroxyl groups excluding tert-OH is 1. The number of hydrogen-bond acceptors (Lipinski definition) is 9. The molecule has 182 valence electrons. The molecule has 1 aromatic heterocycles. The van der Waals surface area contributed by atoms with Gasteiger partial charge in [-0.25, -0.2) is 14.8 Å². The van der Waals surface area contributed by atoms with E-state index < -0.39 is 6.10 Å². The van der Waals surface area contributed by atoms with E-state index in [0.29, 0.717) is 36.7 Å². The van der Waals surface area contributed by atoms with Crippen LogP contribution in [-0.2, 0) is 22.7 Å². The number of cyclic esters (lactones) is 1. The van der Waals surface area contributed by atoms with Crippen molar-refractivity contribution in [2.75, 3.05) is 32.6 Å². The molecule has 3 aromatic rings. The fourth-order valence-corrected chi connectivity index (χ4v) is 4.24. The maximum Gasteiger partial charge on any atom is 0.338 e. The Morgan fingerprint density at radius 3 is 2.60 bits per heavy atom. The number of esters is 1. The van der Waals surface area contributed by atoms with E-state index in [9.17, 15) is 14.7 Å². The van der Waals surface area contributed by atoms with Crippen LogP contribution < -0.4 is 9.64 Å². The van der Waals surface area contributed by atoms with Gasteiger partial charge in [-0.1, -0.05) is 6.07 Å². The van der Waals surface area contributed by atoms with Crippen LogP contribution in [0.15, 0.2) is 42.7 Å². The SMILES string of the molecule is Cc1c(C(O)CN(C)Cc2cnc(-c3ccc(OC=O)c(N(C)C)c3)nc2)ccc2c1COC2=O. The van der Waals surface area contributed by atoms with E-state index in [0.717, 1.165) is 33.5 Å². The first-order valence-corrected chi connectivity index (χ1v) is 11.2. The number of nitrogens with zero attached hydrogens (tertiary/aromatic N) is 4. The average molecular weight is 477 g/mol. The third-order valence-corrected chi connectivity index (χ3v) is 6.08. The number of rotatable bonds is 9. The van der Waals surface area contributed by atoms with Crippen molar-refractivity contribution in [3.63, 3.8) is 0 Å². The molecule has 1 N–H and O–H groups in total. The minimum absolute atomic E-state index is 0.253. The third-order valence-electron chi connectivity index (χ3n) is 6.08. The monoisotopic (exact) mass is 476 g/mol. The number of benzene rings is 2. The molecular formula is C26H28N4O5. The van der Waals surface area contributed by atoms with Crippen molar-refractivity contribution in [3.8, 4) is 17.1 Å². The molecule has 9 heteroatoms. The molecule has 0 radical (unpaired) electrons. The molecule has 9 nitrogen and oxygen atoms in total. The zero-order valence-corrected chi connectivity index (χ0v) is 20.2. The summed E-state index contributed by atoms with van der Waals surface area (Å²) in [5.74, 6) is 0.707. The van der Waals surface area contributed by atoms with Crippen LogP contribution in [0.25, 0.3) is 11.4 Å². The second-order valence-corrected chi connectivity index (χ2v) is 8.80. The van der Waals surface area contributed by atoms with E-state index in [1.165, 1.54) is 0 Å². The van der Waals surface area contributed by atoms with Gasteiger partial charge in [-0.2, -0.15) is 0 Å². The van der Waals surface area contributed by atoms with E-state index in [4.69, 9.17) is 9.47 Å². The summed E-state index contributed by atoms with van der Waals surface area (Å²) in [6, 6.07) is 8.91. The number of fused-ring (bicyclic) bond motifs is 1. The van der Waals surface area contributed by atoms with Gasteiger partial charge in [0.1, 0.15) is 6.61 Å². The Morgan fingerprint density at radius 2 is 1.91 bits per heavy atom. The Bertz CT molecular complexity index is 1240. The third kappa shape index (κ3) is 5.16. The minimum atomic E-state index is -0.710. The van der Waals surface area contributed by atoms with Gasteiger partial charge in [0.15, 0.2) is 11.6 Å². The number of carbonyl (C=O) groups is 2. The van der Waals surface area contributed by atoms with E-state index >= 15 is 0 Å². The summed E-state index contributed by atoms with van der Waals surface area (Å²) < 4.78 is 10.1. The van der Waals surface area contributed by atoms with Crippen LogP contribution >= 0.6 is 0 Å². The smallest absolute Gasteiger partial charge is 0.338 e. The molecule has 0 saturated carbocycles. The maximum absolute atomic E-state index is 11.8. The van der Waals surface area contributed by atoms with Gasteiger partial charge in [0.05, 0.1) is 17.4 Å². The summed E-state index contributed by atoms with van der Waals surface area (Å²) in [6.07, 6.45) is 2.82. The highest BCUT2D eigenvalue weighted by molar-refractivity contribution is 5.94. The van der Waals surface area contributed by atoms with Crippen molar-refractivity contribution in [3.05, 3.63) is 70.5 Å². The minimum Gasteiger partial charge on any atom is -0.457 e. The Labute approximate surface area is 203 Å². The number of anilines is 1. The van der Waals surface area contributed by atoms with Gasteiger partial charge in [0, 0.05) is 56.3 Å². The van der Waals surface area contributed by atoms with Crippen LogP contribution in [0.1, 0.15) is 38.7 Å². The van der Waals surface area contributed by atoms with E-state index in [2.05, 4.69) is 9.97 Å². The zero-order valence-electron chi connectivity index (χ0n) is 20.2. The van der Waals surface area contributed by atoms with Crippen LogP contribution in [0.5, 0.6) is 5.75 Å². The number of aliphatic hydroxyl groups is 1. The fraction of sp³-hybridized carbons (Fsp3) is 0.308. The number of hydrogen-bond donors (Lipinski definition) is 1. The van der Waals surface area contributed by atoms with Crippen LogP contribution in [0.4, 0.5) is 5.69 Å². The Hall–Kier alpha value is -3.82. The standard InChI is InChI=1S/C26H28N4O5/c1-16-19(6-7-20-21(16)14-34-26(20)33)23(32)13-30(4)12-17-10-27-25(28-11-17)18-5-8-24(35-15-31)22(9-18)29(2)3/h5-11,15,23,32H,12-14H2,1-4H3. The van der Waals surface area contributed by atoms with E-state index in [1.54, 1.807) is 36.7 Å². The first-order chi connectivity index (χ1) is 16.8. The highest BCUT2D eigenvalue weighted by Gasteiger charge is 2.26. The molecule has 1 unspecified atom stereocenters. The van der Waals surface area contributed by atoms with Crippen LogP contribution in [0.2, 0.25) is 0 Å². The van der Waals surface area contributed by atoms with E-state index in [1.807, 2.05) is 43.9 Å². The summed E-state index contributed by atoms with van der Waals surface area (Å²) in [5, 5.41) is 10.8. The molecule has 2 heterocycles. The van der Waals surface area contributed by atoms with E-state index in [-0.39, 0.29) is 12.6 Å². The second-order valence-electron chi connectivity index (χ2n) is 8.80. The summed E-state index contributed by atoms with van der Waals surface area (Å²) in [7, 11) is 5.65. The summed E-state index contributed by atoms with van der Waals surface area (Å²) in [4.78, 5) is 35.4. The molecule has 1 aliphatic heterocycles. The second kappa shape index (κ2) is 10.2. The number of carbonyl (C=O) groups excluding carboxylic acids is 2. The van der Waals surface area contributed by atoms with Crippen molar-refractivity contribution in [2.45, 2.75) is 26.2 Å². The molecule has 0 aliphatic carbocycles. The van der Waals surface area contributed by atoms with Crippen LogP contribution in [-0.4, -0.2) is 60.1 Å². The Balaban J connectivity index is 1.42. The van der Waals surface area contributed by atoms with Crippen molar-refractivity contribution in [2.24, 2.45) is 0 Å². The van der Waals surface area contributed by atoms with Gasteiger partial charge in [0.2, 0.25) is 0 Å². The average Bonchev–Trinajstić information content (AvgIpc) is 3.21. The Morgan fingerprint density at radius 1 is 1.17 bits per heavy atom. The molecule has 0 bridgehead atoms. The molecule has 2 aromatic carbocycles. The van der Waals surface area contributed by atoms with Gasteiger partial charge in [-0.15, -0.1) is 0 Å². The summed E-state index contributed by atoms with van der Waals surface area (Å²) in [6.45, 7) is 3.52. The quantitative estimate of drug-likeness (QED) is 0.369. The molecule has 4 rings (SSSR count). The van der Waals surface area contributed by atoms with Crippen molar-refractivity contribution in [1.82, 2.24) is 14.9 Å². The highest BCUT2D eigenvalue weighted by atomic mass is 16.5. The normalized spacial score (nSPS) is 13.4. The molecule has 35 heavy (non-hydrogen) atoms. The largest absolute Gasteiger partial charge is 0.457 e. The number of likely N-dealkylation sites (N-methyl/N-ethyl adjacent to an activating group) is 1. The molecule has 0 fully saturated rings. The zero-order chi connectivity index (χ0) is 25.1. The molecule has 0 amide bonds. The fourth-order valence-electron chi connectivity index (χ4n) is 4.24. The summed E-state index contributed by atoms with van der Waals surface area (Å²) >= 11 is 0. The van der Waals surface area contributed by atoms with Crippen LogP contribution in [0, 0.1) is 6.92 Å². The lowest BCUT2D eigenvalue weighted by Gasteiger charge is -2.22. The molecular weight excluding hydrogens is 448 g/mol. The van der Waals surface area contributed by atoms with Crippen molar-refractivity contribution >= 4 is 18.1 Å². The molecule has 1 atom stereocenters. The lowest BCUT2D eigenvalue weighted by Crippen LogP contribution is -2.25. The molecule has 0 saturated heterocycles. The first kappa shape index (κ1) is 24.3. The van der Waals surface area contributed by atoms with Gasteiger partial charge in [-0.05, 0) is 49.4 Å². The predicted octanol–water partition coefficient (Wildman–Crippen LogP) is 2.89. The van der Waals surface area contributed by atoms with Crippen molar-refractivity contribution in [1.29, 1.82) is 0 Å². The lowest BCUT2D eigenvalue weighted by atomic mass is 9.95.